The number of nitrogens with one attached hydrogen (secondary N) is 2. The SMILES string of the molecule is CN=C(NCc1ccc(CN2CCC(O)CC2)cc1)NC1CCN(c2ccc(C)cc2)C1. The van der Waals surface area contributed by atoms with Crippen molar-refractivity contribution in [3.05, 3.63) is 65.2 Å². The number of hydrogen-bond acceptors (Lipinski definition) is 4. The molecule has 2 fully saturated rings. The number of aliphatic hydroxyl groups is 1. The topological polar surface area (TPSA) is 63.1 Å². The number of aryl methyl sites for hydroxylation is 1. The van der Waals surface area contributed by atoms with E-state index in [-0.39, 0.29) is 6.10 Å². The Bertz CT molecular complexity index is 872. The average Bonchev–Trinajstić information content (AvgIpc) is 3.28. The van der Waals surface area contributed by atoms with Crippen molar-refractivity contribution in [2.24, 2.45) is 4.99 Å². The molecule has 32 heavy (non-hydrogen) atoms. The van der Waals surface area contributed by atoms with Gasteiger partial charge in [-0.2, -0.15) is 0 Å². The van der Waals surface area contributed by atoms with Crippen LogP contribution in [0.15, 0.2) is 53.5 Å². The van der Waals surface area contributed by atoms with Gasteiger partial charge < -0.3 is 20.6 Å². The Morgan fingerprint density at radius 2 is 1.66 bits per heavy atom. The highest BCUT2D eigenvalue weighted by atomic mass is 16.3. The zero-order chi connectivity index (χ0) is 22.3. The molecule has 3 N–H and O–H groups in total. The van der Waals surface area contributed by atoms with Gasteiger partial charge in [-0.05, 0) is 49.4 Å². The Hall–Kier alpha value is -2.57. The van der Waals surface area contributed by atoms with E-state index in [1.807, 2.05) is 7.05 Å². The molecule has 2 aromatic rings. The lowest BCUT2D eigenvalue weighted by atomic mass is 10.1. The van der Waals surface area contributed by atoms with E-state index in [1.54, 1.807) is 0 Å². The molecule has 0 radical (unpaired) electrons. The molecule has 1 unspecified atom stereocenters. The van der Waals surface area contributed by atoms with Crippen LogP contribution in [0.25, 0.3) is 0 Å². The second-order valence-electron chi connectivity index (χ2n) is 9.16. The standard InChI is InChI=1S/C26H37N5O/c1-20-3-9-24(10-4-20)31-16-11-23(19-31)29-26(27-2)28-17-21-5-7-22(8-6-21)18-30-14-12-25(32)13-15-30/h3-10,23,25,32H,11-19H2,1-2H3,(H2,27,28,29). The summed E-state index contributed by atoms with van der Waals surface area (Å²) in [4.78, 5) is 9.29. The van der Waals surface area contributed by atoms with Crippen molar-refractivity contribution in [2.45, 2.75) is 51.4 Å². The fourth-order valence-electron chi connectivity index (χ4n) is 4.54. The van der Waals surface area contributed by atoms with E-state index in [0.717, 1.165) is 64.5 Å². The van der Waals surface area contributed by atoms with E-state index >= 15 is 0 Å². The van der Waals surface area contributed by atoms with Gasteiger partial charge in [0.15, 0.2) is 5.96 Å². The van der Waals surface area contributed by atoms with Gasteiger partial charge in [0.25, 0.3) is 0 Å². The Balaban J connectivity index is 1.22. The maximum absolute atomic E-state index is 9.67. The van der Waals surface area contributed by atoms with Gasteiger partial charge in [-0.25, -0.2) is 0 Å². The molecule has 2 aliphatic heterocycles. The van der Waals surface area contributed by atoms with E-state index < -0.39 is 0 Å². The molecule has 0 bridgehead atoms. The molecule has 4 rings (SSSR count). The van der Waals surface area contributed by atoms with Crippen molar-refractivity contribution in [1.82, 2.24) is 15.5 Å². The van der Waals surface area contributed by atoms with Gasteiger partial charge in [0, 0.05) is 58.0 Å². The first kappa shape index (κ1) is 22.6. The predicted molar refractivity (Wildman–Crippen MR) is 132 cm³/mol. The summed E-state index contributed by atoms with van der Waals surface area (Å²) in [6.45, 7) is 7.86. The van der Waals surface area contributed by atoms with Crippen LogP contribution >= 0.6 is 0 Å². The summed E-state index contributed by atoms with van der Waals surface area (Å²) in [5.74, 6) is 0.858. The first-order chi connectivity index (χ1) is 15.6. The lowest BCUT2D eigenvalue weighted by Crippen LogP contribution is -2.44. The summed E-state index contributed by atoms with van der Waals surface area (Å²) in [6.07, 6.45) is 2.77. The molecule has 1 atom stereocenters. The van der Waals surface area contributed by atoms with Crippen LogP contribution in [0.1, 0.15) is 36.0 Å². The van der Waals surface area contributed by atoms with E-state index in [2.05, 4.69) is 80.9 Å². The fourth-order valence-corrected chi connectivity index (χ4v) is 4.54. The van der Waals surface area contributed by atoms with Gasteiger partial charge in [0.2, 0.25) is 0 Å². The molecule has 2 aliphatic rings. The summed E-state index contributed by atoms with van der Waals surface area (Å²) in [5.41, 5.74) is 5.17. The zero-order valence-corrected chi connectivity index (χ0v) is 19.4. The van der Waals surface area contributed by atoms with Gasteiger partial charge in [-0.1, -0.05) is 42.0 Å². The molecule has 0 amide bonds. The lowest BCUT2D eigenvalue weighted by Gasteiger charge is -2.29. The minimum atomic E-state index is -0.113. The number of anilines is 1. The van der Waals surface area contributed by atoms with Crippen molar-refractivity contribution in [1.29, 1.82) is 0 Å². The second kappa shape index (κ2) is 10.8. The van der Waals surface area contributed by atoms with Crippen LogP contribution in [-0.2, 0) is 13.1 Å². The number of aliphatic imine (C=N–C) groups is 1. The van der Waals surface area contributed by atoms with E-state index in [0.29, 0.717) is 6.04 Å². The van der Waals surface area contributed by atoms with Crippen molar-refractivity contribution in [3.63, 3.8) is 0 Å². The van der Waals surface area contributed by atoms with E-state index in [1.165, 1.54) is 22.4 Å². The van der Waals surface area contributed by atoms with Gasteiger partial charge in [0.05, 0.1) is 6.10 Å². The molecule has 0 saturated carbocycles. The van der Waals surface area contributed by atoms with Gasteiger partial charge in [-0.15, -0.1) is 0 Å². The number of rotatable bonds is 6. The van der Waals surface area contributed by atoms with Crippen molar-refractivity contribution in [2.75, 3.05) is 38.1 Å². The maximum Gasteiger partial charge on any atom is 0.191 e. The minimum Gasteiger partial charge on any atom is -0.393 e. The highest BCUT2D eigenvalue weighted by molar-refractivity contribution is 5.80. The van der Waals surface area contributed by atoms with Gasteiger partial charge in [0.1, 0.15) is 0 Å². The van der Waals surface area contributed by atoms with Crippen LogP contribution in [0.5, 0.6) is 0 Å². The van der Waals surface area contributed by atoms with E-state index in [9.17, 15) is 5.11 Å². The predicted octanol–water partition coefficient (Wildman–Crippen LogP) is 2.90. The first-order valence-electron chi connectivity index (χ1n) is 11.9. The minimum absolute atomic E-state index is 0.113. The maximum atomic E-state index is 9.67. The molecule has 2 aromatic carbocycles. The smallest absolute Gasteiger partial charge is 0.191 e. The number of benzene rings is 2. The third-order valence-corrected chi connectivity index (χ3v) is 6.60. The zero-order valence-electron chi connectivity index (χ0n) is 19.4. The van der Waals surface area contributed by atoms with Crippen LogP contribution in [0.4, 0.5) is 5.69 Å². The third kappa shape index (κ3) is 6.24. The second-order valence-corrected chi connectivity index (χ2v) is 9.16. The van der Waals surface area contributed by atoms with Crippen molar-refractivity contribution in [3.8, 4) is 0 Å². The normalized spacial score (nSPS) is 20.5. The number of hydrogen-bond donors (Lipinski definition) is 3. The number of likely N-dealkylation sites (tertiary alicyclic amines) is 1. The average molecular weight is 436 g/mol. The monoisotopic (exact) mass is 435 g/mol. The molecule has 0 spiro atoms. The number of nitrogens with zero attached hydrogens (tertiary/aromatic N) is 3. The lowest BCUT2D eigenvalue weighted by molar-refractivity contribution is 0.0792. The Morgan fingerprint density at radius 3 is 2.34 bits per heavy atom. The van der Waals surface area contributed by atoms with Crippen LogP contribution in [0, 0.1) is 6.92 Å². The Labute approximate surface area is 192 Å². The molecule has 2 saturated heterocycles. The largest absolute Gasteiger partial charge is 0.393 e. The Kier molecular flexibility index (Phi) is 7.66. The summed E-state index contributed by atoms with van der Waals surface area (Å²) in [7, 11) is 1.83. The molecular weight excluding hydrogens is 398 g/mol. The molecule has 6 heteroatoms. The summed E-state index contributed by atoms with van der Waals surface area (Å²) >= 11 is 0. The van der Waals surface area contributed by atoms with Crippen LogP contribution in [0.3, 0.4) is 0 Å². The quantitative estimate of drug-likeness (QED) is 0.481. The van der Waals surface area contributed by atoms with E-state index in [4.69, 9.17) is 0 Å². The molecule has 172 valence electrons. The van der Waals surface area contributed by atoms with Crippen molar-refractivity contribution < 1.29 is 5.11 Å². The number of guanidine groups is 1. The van der Waals surface area contributed by atoms with Gasteiger partial charge >= 0.3 is 0 Å². The summed E-state index contributed by atoms with van der Waals surface area (Å²) in [6, 6.07) is 18.0. The van der Waals surface area contributed by atoms with Crippen LogP contribution in [0.2, 0.25) is 0 Å². The third-order valence-electron chi connectivity index (χ3n) is 6.60. The fraction of sp³-hybridized carbons (Fsp3) is 0.500. The molecule has 2 heterocycles. The highest BCUT2D eigenvalue weighted by Crippen LogP contribution is 2.20. The number of aliphatic hydroxyl groups excluding tert-OH is 1. The summed E-state index contributed by atoms with van der Waals surface area (Å²) < 4.78 is 0. The Morgan fingerprint density at radius 1 is 0.969 bits per heavy atom. The van der Waals surface area contributed by atoms with Crippen molar-refractivity contribution >= 4 is 11.6 Å². The van der Waals surface area contributed by atoms with Crippen LogP contribution in [-0.4, -0.2) is 61.3 Å². The molecule has 6 nitrogen and oxygen atoms in total. The highest BCUT2D eigenvalue weighted by Gasteiger charge is 2.23. The molecule has 0 aliphatic carbocycles. The molecular formula is C26H37N5O. The number of piperidine rings is 1. The summed E-state index contributed by atoms with van der Waals surface area (Å²) in [5, 5.41) is 16.7. The molecule has 0 aromatic heterocycles. The van der Waals surface area contributed by atoms with Gasteiger partial charge in [-0.3, -0.25) is 9.89 Å². The van der Waals surface area contributed by atoms with Crippen LogP contribution < -0.4 is 15.5 Å². The first-order valence-corrected chi connectivity index (χ1v) is 11.9.